The molecule has 2 heterocycles. The van der Waals surface area contributed by atoms with E-state index in [-0.39, 0.29) is 11.5 Å². The van der Waals surface area contributed by atoms with Gasteiger partial charge in [-0.2, -0.15) is 0 Å². The van der Waals surface area contributed by atoms with Gasteiger partial charge in [0.15, 0.2) is 0 Å². The van der Waals surface area contributed by atoms with Crippen LogP contribution in [0.3, 0.4) is 0 Å². The Labute approximate surface area is 116 Å². The fraction of sp³-hybridized carbons (Fsp3) is 0.538. The number of carbonyl (C=O) groups is 1. The molecule has 0 saturated carbocycles. The SMILES string of the molecule is Cc1ccnc(N2CCCCCC2C(=O)O)c1[N+](=O)[O-]. The minimum atomic E-state index is -0.954. The largest absolute Gasteiger partial charge is 0.480 e. The first-order valence-electron chi connectivity index (χ1n) is 6.62. The molecule has 0 aliphatic carbocycles. The maximum atomic E-state index is 11.4. The van der Waals surface area contributed by atoms with E-state index in [1.807, 2.05) is 0 Å². The van der Waals surface area contributed by atoms with Gasteiger partial charge in [-0.05, 0) is 25.8 Å². The summed E-state index contributed by atoms with van der Waals surface area (Å²) in [5, 5.41) is 20.6. The van der Waals surface area contributed by atoms with Crippen LogP contribution in [-0.2, 0) is 4.79 Å². The van der Waals surface area contributed by atoms with Crippen LogP contribution in [0.4, 0.5) is 11.5 Å². The Bertz CT molecular complexity index is 532. The van der Waals surface area contributed by atoms with Crippen molar-refractivity contribution < 1.29 is 14.8 Å². The third-order valence-electron chi connectivity index (χ3n) is 3.60. The molecule has 1 fully saturated rings. The van der Waals surface area contributed by atoms with Gasteiger partial charge in [-0.15, -0.1) is 0 Å². The van der Waals surface area contributed by atoms with Crippen molar-refractivity contribution in [3.05, 3.63) is 27.9 Å². The van der Waals surface area contributed by atoms with Gasteiger partial charge in [-0.3, -0.25) is 10.1 Å². The summed E-state index contributed by atoms with van der Waals surface area (Å²) in [7, 11) is 0. The number of aryl methyl sites for hydroxylation is 1. The molecule has 1 atom stereocenters. The van der Waals surface area contributed by atoms with Crippen LogP contribution in [-0.4, -0.2) is 33.6 Å². The molecular weight excluding hydrogens is 262 g/mol. The highest BCUT2D eigenvalue weighted by atomic mass is 16.6. The number of nitrogens with zero attached hydrogens (tertiary/aromatic N) is 3. The Morgan fingerprint density at radius 3 is 2.90 bits per heavy atom. The Kier molecular flexibility index (Phi) is 4.16. The quantitative estimate of drug-likeness (QED) is 0.672. The van der Waals surface area contributed by atoms with E-state index in [0.29, 0.717) is 18.5 Å². The van der Waals surface area contributed by atoms with Crippen LogP contribution in [0.15, 0.2) is 12.3 Å². The van der Waals surface area contributed by atoms with Gasteiger partial charge in [0.2, 0.25) is 5.82 Å². The minimum absolute atomic E-state index is 0.0966. The summed E-state index contributed by atoms with van der Waals surface area (Å²) in [6.45, 7) is 2.12. The molecule has 1 N–H and O–H groups in total. The van der Waals surface area contributed by atoms with Crippen LogP contribution in [0.5, 0.6) is 0 Å². The predicted molar refractivity (Wildman–Crippen MR) is 72.9 cm³/mol. The molecule has 1 aliphatic heterocycles. The van der Waals surface area contributed by atoms with Gasteiger partial charge in [-0.1, -0.05) is 12.8 Å². The normalized spacial score (nSPS) is 19.4. The number of nitro groups is 1. The zero-order valence-corrected chi connectivity index (χ0v) is 11.3. The first-order valence-corrected chi connectivity index (χ1v) is 6.62. The summed E-state index contributed by atoms with van der Waals surface area (Å²) in [4.78, 5) is 27.8. The number of carboxylic acid groups (broad SMARTS) is 1. The van der Waals surface area contributed by atoms with E-state index in [1.54, 1.807) is 17.9 Å². The molecule has 0 radical (unpaired) electrons. The smallest absolute Gasteiger partial charge is 0.326 e. The van der Waals surface area contributed by atoms with E-state index in [1.165, 1.54) is 6.20 Å². The number of anilines is 1. The van der Waals surface area contributed by atoms with Crippen molar-refractivity contribution in [3.63, 3.8) is 0 Å². The molecule has 1 aliphatic rings. The van der Waals surface area contributed by atoms with Gasteiger partial charge in [0.05, 0.1) is 4.92 Å². The average molecular weight is 279 g/mol. The van der Waals surface area contributed by atoms with Crippen LogP contribution in [0, 0.1) is 17.0 Å². The molecule has 108 valence electrons. The Morgan fingerprint density at radius 1 is 1.50 bits per heavy atom. The molecule has 0 aromatic carbocycles. The lowest BCUT2D eigenvalue weighted by molar-refractivity contribution is -0.384. The van der Waals surface area contributed by atoms with Crippen molar-refractivity contribution in [2.45, 2.75) is 38.6 Å². The maximum absolute atomic E-state index is 11.4. The Hall–Kier alpha value is -2.18. The lowest BCUT2D eigenvalue weighted by Crippen LogP contribution is -2.41. The van der Waals surface area contributed by atoms with Gasteiger partial charge in [0.1, 0.15) is 6.04 Å². The second-order valence-electron chi connectivity index (χ2n) is 4.95. The molecule has 0 spiro atoms. The third-order valence-corrected chi connectivity index (χ3v) is 3.60. The summed E-state index contributed by atoms with van der Waals surface area (Å²) in [6, 6.07) is 0.820. The lowest BCUT2D eigenvalue weighted by atomic mass is 10.1. The predicted octanol–water partition coefficient (Wildman–Crippen LogP) is 2.13. The number of hydrogen-bond donors (Lipinski definition) is 1. The van der Waals surface area contributed by atoms with Gasteiger partial charge in [0.25, 0.3) is 0 Å². The van der Waals surface area contributed by atoms with Crippen LogP contribution in [0.1, 0.15) is 31.2 Å². The molecule has 0 amide bonds. The topological polar surface area (TPSA) is 96.6 Å². The molecule has 7 heteroatoms. The zero-order valence-electron chi connectivity index (χ0n) is 11.3. The van der Waals surface area contributed by atoms with E-state index in [2.05, 4.69) is 4.98 Å². The Morgan fingerprint density at radius 2 is 2.25 bits per heavy atom. The number of aromatic nitrogens is 1. The van der Waals surface area contributed by atoms with E-state index >= 15 is 0 Å². The van der Waals surface area contributed by atoms with E-state index in [9.17, 15) is 20.0 Å². The van der Waals surface area contributed by atoms with Crippen molar-refractivity contribution in [1.82, 2.24) is 4.98 Å². The summed E-state index contributed by atoms with van der Waals surface area (Å²) < 4.78 is 0. The fourth-order valence-electron chi connectivity index (χ4n) is 2.59. The summed E-state index contributed by atoms with van der Waals surface area (Å²) in [5.41, 5.74) is 0.397. The van der Waals surface area contributed by atoms with Gasteiger partial charge < -0.3 is 10.0 Å². The lowest BCUT2D eigenvalue weighted by Gasteiger charge is -2.27. The van der Waals surface area contributed by atoms with Crippen LogP contribution >= 0.6 is 0 Å². The van der Waals surface area contributed by atoms with E-state index < -0.39 is 16.9 Å². The van der Waals surface area contributed by atoms with Crippen LogP contribution in [0.2, 0.25) is 0 Å². The van der Waals surface area contributed by atoms with Crippen molar-refractivity contribution in [1.29, 1.82) is 0 Å². The average Bonchev–Trinajstić information content (AvgIpc) is 2.63. The highest BCUT2D eigenvalue weighted by Gasteiger charge is 2.33. The molecule has 20 heavy (non-hydrogen) atoms. The number of rotatable bonds is 3. The molecule has 7 nitrogen and oxygen atoms in total. The number of pyridine rings is 1. The molecule has 1 saturated heterocycles. The first kappa shape index (κ1) is 14.2. The van der Waals surface area contributed by atoms with Crippen molar-refractivity contribution in [2.24, 2.45) is 0 Å². The fourth-order valence-corrected chi connectivity index (χ4v) is 2.59. The van der Waals surface area contributed by atoms with E-state index in [4.69, 9.17) is 0 Å². The molecular formula is C13H17N3O4. The van der Waals surface area contributed by atoms with Crippen molar-refractivity contribution in [3.8, 4) is 0 Å². The number of hydrogen-bond acceptors (Lipinski definition) is 5. The van der Waals surface area contributed by atoms with Crippen LogP contribution in [0.25, 0.3) is 0 Å². The second-order valence-corrected chi connectivity index (χ2v) is 4.95. The maximum Gasteiger partial charge on any atom is 0.326 e. The van der Waals surface area contributed by atoms with Crippen molar-refractivity contribution in [2.75, 3.05) is 11.4 Å². The highest BCUT2D eigenvalue weighted by Crippen LogP contribution is 2.32. The monoisotopic (exact) mass is 279 g/mol. The summed E-state index contributed by atoms with van der Waals surface area (Å²) in [5.74, 6) is -0.784. The molecule has 1 aromatic rings. The first-order chi connectivity index (χ1) is 9.52. The molecule has 2 rings (SSSR count). The van der Waals surface area contributed by atoms with Crippen LogP contribution < -0.4 is 4.90 Å². The summed E-state index contributed by atoms with van der Waals surface area (Å²) in [6.07, 6.45) is 4.53. The van der Waals surface area contributed by atoms with Gasteiger partial charge in [-0.25, -0.2) is 9.78 Å². The molecule has 1 aromatic heterocycles. The van der Waals surface area contributed by atoms with E-state index in [0.717, 1.165) is 19.3 Å². The van der Waals surface area contributed by atoms with Crippen molar-refractivity contribution >= 4 is 17.5 Å². The van der Waals surface area contributed by atoms with Gasteiger partial charge in [0, 0.05) is 18.3 Å². The number of carboxylic acids is 1. The number of aliphatic carboxylic acids is 1. The third kappa shape index (κ3) is 2.71. The minimum Gasteiger partial charge on any atom is -0.480 e. The zero-order chi connectivity index (χ0) is 14.7. The highest BCUT2D eigenvalue weighted by molar-refractivity contribution is 5.79. The molecule has 1 unspecified atom stereocenters. The Balaban J connectivity index is 2.49. The standard InChI is InChI=1S/C13H17N3O4/c1-9-6-7-14-12(11(9)16(19)20)15-8-4-2-3-5-10(15)13(17)18/h6-7,10H,2-5,8H2,1H3,(H,17,18). The summed E-state index contributed by atoms with van der Waals surface area (Å²) >= 11 is 0. The van der Waals surface area contributed by atoms with Gasteiger partial charge >= 0.3 is 11.7 Å². The molecule has 0 bridgehead atoms. The second kappa shape index (κ2) is 5.85.